The molecule has 2 unspecified atom stereocenters. The summed E-state index contributed by atoms with van der Waals surface area (Å²) in [6, 6.07) is 6.31. The summed E-state index contributed by atoms with van der Waals surface area (Å²) in [5, 5.41) is 12.6. The first-order valence-electron chi connectivity index (χ1n) is 9.24. The Morgan fingerprint density at radius 2 is 2.16 bits per heavy atom. The van der Waals surface area contributed by atoms with Gasteiger partial charge in [0.1, 0.15) is 18.5 Å². The molecule has 0 heterocycles. The summed E-state index contributed by atoms with van der Waals surface area (Å²) in [6.07, 6.45) is -0.365. The predicted octanol–water partition coefficient (Wildman–Crippen LogP) is 1.61. The molecule has 2 N–H and O–H groups in total. The molecule has 0 aromatic heterocycles. The second-order valence-electron chi connectivity index (χ2n) is 4.34. The second kappa shape index (κ2) is 8.91. The Kier molecular flexibility index (Phi) is 4.20. The van der Waals surface area contributed by atoms with Crippen molar-refractivity contribution in [3.05, 3.63) is 29.8 Å². The average Bonchev–Trinajstić information content (AvgIpc) is 2.49. The zero-order chi connectivity index (χ0) is 19.1. The third-order valence-corrected chi connectivity index (χ3v) is 2.52. The van der Waals surface area contributed by atoms with Gasteiger partial charge in [0.15, 0.2) is 0 Å². The fourth-order valence-corrected chi connectivity index (χ4v) is 1.49. The van der Waals surface area contributed by atoms with Crippen molar-refractivity contribution in [1.29, 1.82) is 0 Å². The Balaban J connectivity index is 2.31. The van der Waals surface area contributed by atoms with Gasteiger partial charge in [0.05, 0.1) is 10.7 Å². The van der Waals surface area contributed by atoms with Gasteiger partial charge >= 0.3 is 0 Å². The predicted molar refractivity (Wildman–Crippen MR) is 76.7 cm³/mol. The highest BCUT2D eigenvalue weighted by Gasteiger charge is 2.05. The highest BCUT2D eigenvalue weighted by Crippen LogP contribution is 2.12. The van der Waals surface area contributed by atoms with Crippen molar-refractivity contribution in [1.82, 2.24) is 5.32 Å². The van der Waals surface area contributed by atoms with E-state index in [9.17, 15) is 5.11 Å². The lowest BCUT2D eigenvalue weighted by atomic mass is 10.1. The van der Waals surface area contributed by atoms with Gasteiger partial charge in [0.2, 0.25) is 0 Å². The number of rotatable bonds is 9. The minimum atomic E-state index is -2.38. The number of hydrogen-bond donors (Lipinski definition) is 2. The summed E-state index contributed by atoms with van der Waals surface area (Å²) in [4.78, 5) is 0. The van der Waals surface area contributed by atoms with E-state index in [1.165, 1.54) is 6.92 Å². The lowest BCUT2D eigenvalue weighted by Crippen LogP contribution is -2.35. The molecule has 0 fully saturated rings. The highest BCUT2D eigenvalue weighted by molar-refractivity contribution is 5.27. The van der Waals surface area contributed by atoms with Crippen LogP contribution in [0.1, 0.15) is 27.6 Å². The van der Waals surface area contributed by atoms with E-state index in [2.05, 4.69) is 5.32 Å². The van der Waals surface area contributed by atoms with E-state index < -0.39 is 26.0 Å². The maximum Gasteiger partial charge on any atom is 0.119 e. The smallest absolute Gasteiger partial charge is 0.119 e. The monoisotopic (exact) mass is 273 g/mol. The maximum atomic E-state index is 9.83. The molecule has 4 heteroatoms. The Hall–Kier alpha value is -1.10. The van der Waals surface area contributed by atoms with E-state index in [-0.39, 0.29) is 19.8 Å². The first-order chi connectivity index (χ1) is 11.5. The van der Waals surface area contributed by atoms with Gasteiger partial charge in [-0.25, -0.2) is 0 Å². The number of methoxy groups -OCH3 is 1. The van der Waals surface area contributed by atoms with Gasteiger partial charge in [-0.05, 0) is 24.1 Å². The summed E-state index contributed by atoms with van der Waals surface area (Å²) in [7, 11) is -2.38. The minimum absolute atomic E-state index is 0.0300. The van der Waals surface area contributed by atoms with Crippen LogP contribution in [0.25, 0.3) is 0 Å². The van der Waals surface area contributed by atoms with Crippen LogP contribution in [0.15, 0.2) is 24.3 Å². The van der Waals surface area contributed by atoms with Crippen molar-refractivity contribution in [3.8, 4) is 5.75 Å². The van der Waals surface area contributed by atoms with E-state index in [0.29, 0.717) is 12.2 Å². The highest BCUT2D eigenvalue weighted by atomic mass is 16.5. The van der Waals surface area contributed by atoms with Crippen molar-refractivity contribution in [2.45, 2.75) is 32.3 Å². The number of nitrogens with one attached hydrogen (secondary N) is 1. The summed E-state index contributed by atoms with van der Waals surface area (Å²) in [5.74, 6) is 0.559. The fourth-order valence-electron chi connectivity index (χ4n) is 1.49. The average molecular weight is 273 g/mol. The lowest BCUT2D eigenvalue weighted by Gasteiger charge is -2.15. The molecule has 0 aliphatic rings. The standard InChI is InChI=1S/C15H25NO3/c1-12(2)16-10-14(17)11-19-15-6-4-13(5-7-15)8-9-18-3/h4-7,12,14,16-17H,8-11H2,1-3H3/i1D3,3D3. The topological polar surface area (TPSA) is 50.7 Å². The van der Waals surface area contributed by atoms with Gasteiger partial charge in [-0.2, -0.15) is 0 Å². The second-order valence-corrected chi connectivity index (χ2v) is 4.34. The van der Waals surface area contributed by atoms with Gasteiger partial charge in [0, 0.05) is 23.7 Å². The van der Waals surface area contributed by atoms with Gasteiger partial charge in [0.25, 0.3) is 0 Å². The number of ether oxygens (including phenoxy) is 2. The molecule has 0 aliphatic heterocycles. The number of hydrogen-bond acceptors (Lipinski definition) is 4. The van der Waals surface area contributed by atoms with Crippen LogP contribution in [0.2, 0.25) is 0 Å². The van der Waals surface area contributed by atoms with Gasteiger partial charge in [-0.1, -0.05) is 25.9 Å². The molecular weight excluding hydrogens is 242 g/mol. The Morgan fingerprint density at radius 1 is 1.37 bits per heavy atom. The largest absolute Gasteiger partial charge is 0.491 e. The molecule has 19 heavy (non-hydrogen) atoms. The number of aliphatic hydroxyl groups excluding tert-OH is 1. The van der Waals surface area contributed by atoms with E-state index in [4.69, 9.17) is 17.7 Å². The van der Waals surface area contributed by atoms with Gasteiger partial charge in [-0.15, -0.1) is 0 Å². The van der Waals surface area contributed by atoms with Gasteiger partial charge < -0.3 is 19.9 Å². The molecule has 4 nitrogen and oxygen atoms in total. The summed E-state index contributed by atoms with van der Waals surface area (Å²) in [5.41, 5.74) is 0.908. The van der Waals surface area contributed by atoms with Crippen LogP contribution in [0.4, 0.5) is 0 Å². The molecule has 2 atom stereocenters. The summed E-state index contributed by atoms with van der Waals surface area (Å²) < 4.78 is 52.7. The van der Waals surface area contributed by atoms with Crippen LogP contribution < -0.4 is 10.1 Å². The third kappa shape index (κ3) is 7.15. The zero-order valence-corrected chi connectivity index (χ0v) is 11.1. The van der Waals surface area contributed by atoms with Crippen molar-refractivity contribution in [2.75, 3.05) is 26.8 Å². The summed E-state index contributed by atoms with van der Waals surface area (Å²) >= 11 is 0. The molecule has 0 bridgehead atoms. The minimum Gasteiger partial charge on any atom is -0.491 e. The Bertz CT molecular complexity index is 503. The summed E-state index contributed by atoms with van der Waals surface area (Å²) in [6.45, 7) is -0.329. The zero-order valence-electron chi connectivity index (χ0n) is 17.1. The quantitative estimate of drug-likeness (QED) is 0.718. The molecule has 0 saturated heterocycles. The van der Waals surface area contributed by atoms with Gasteiger partial charge in [-0.3, -0.25) is 0 Å². The molecular formula is C15H25NO3. The number of benzene rings is 1. The normalized spacial score (nSPS) is 20.1. The van der Waals surface area contributed by atoms with E-state index in [1.54, 1.807) is 24.3 Å². The molecule has 0 aliphatic carbocycles. The Labute approximate surface area is 124 Å². The van der Waals surface area contributed by atoms with E-state index in [0.717, 1.165) is 5.56 Å². The molecule has 1 rings (SSSR count). The van der Waals surface area contributed by atoms with Crippen LogP contribution in [0.3, 0.4) is 0 Å². The molecule has 1 aromatic rings. The molecule has 0 radical (unpaired) electrons. The first kappa shape index (κ1) is 8.95. The maximum absolute atomic E-state index is 9.83. The molecule has 0 amide bonds. The van der Waals surface area contributed by atoms with Crippen molar-refractivity contribution in [3.63, 3.8) is 0 Å². The van der Waals surface area contributed by atoms with Crippen molar-refractivity contribution in [2.24, 2.45) is 0 Å². The molecule has 0 saturated carbocycles. The molecule has 108 valence electrons. The lowest BCUT2D eigenvalue weighted by molar-refractivity contribution is 0.104. The Morgan fingerprint density at radius 3 is 2.84 bits per heavy atom. The molecule has 0 spiro atoms. The number of aliphatic hydroxyl groups is 1. The van der Waals surface area contributed by atoms with Crippen molar-refractivity contribution >= 4 is 0 Å². The van der Waals surface area contributed by atoms with Crippen LogP contribution in [0, 0.1) is 0 Å². The van der Waals surface area contributed by atoms with E-state index >= 15 is 0 Å². The molecule has 1 aromatic carbocycles. The third-order valence-electron chi connectivity index (χ3n) is 2.52. The van der Waals surface area contributed by atoms with Crippen LogP contribution >= 0.6 is 0 Å². The SMILES string of the molecule is [2H]C([2H])([2H])OCCc1ccc(OCC(O)CNC(C)C([2H])([2H])[2H])cc1. The fraction of sp³-hybridized carbons (Fsp3) is 0.600. The van der Waals surface area contributed by atoms with E-state index in [1.807, 2.05) is 0 Å². The first-order valence-corrected chi connectivity index (χ1v) is 6.24. The van der Waals surface area contributed by atoms with Crippen LogP contribution in [-0.4, -0.2) is 44.0 Å². The van der Waals surface area contributed by atoms with Crippen molar-refractivity contribution < 1.29 is 22.8 Å². The van der Waals surface area contributed by atoms with Crippen LogP contribution in [-0.2, 0) is 11.2 Å². The van der Waals surface area contributed by atoms with Crippen LogP contribution in [0.5, 0.6) is 5.75 Å².